The largest absolute Gasteiger partial charge is 0.312 e. The minimum Gasteiger partial charge on any atom is -0.312 e. The highest BCUT2D eigenvalue weighted by Crippen LogP contribution is 2.18. The molecular weight excluding hydrogens is 214 g/mol. The summed E-state index contributed by atoms with van der Waals surface area (Å²) in [7, 11) is 0. The van der Waals surface area contributed by atoms with Gasteiger partial charge in [0, 0.05) is 5.54 Å². The highest BCUT2D eigenvalue weighted by molar-refractivity contribution is 7.99. The van der Waals surface area contributed by atoms with E-state index in [1.54, 1.807) is 0 Å². The third-order valence-electron chi connectivity index (χ3n) is 2.60. The van der Waals surface area contributed by atoms with Gasteiger partial charge in [-0.1, -0.05) is 20.8 Å². The molecule has 1 atom stereocenters. The lowest BCUT2D eigenvalue weighted by molar-refractivity contribution is 0.328. The number of hydrogen-bond donors (Lipinski definition) is 1. The molecular formula is C14H31NS. The molecule has 0 fully saturated rings. The lowest BCUT2D eigenvalue weighted by Gasteiger charge is -2.26. The zero-order valence-corrected chi connectivity index (χ0v) is 12.9. The molecule has 1 unspecified atom stereocenters. The Morgan fingerprint density at radius 3 is 2.25 bits per heavy atom. The quantitative estimate of drug-likeness (QED) is 0.644. The van der Waals surface area contributed by atoms with Gasteiger partial charge in [0.25, 0.3) is 0 Å². The van der Waals surface area contributed by atoms with Crippen molar-refractivity contribution in [1.29, 1.82) is 0 Å². The van der Waals surface area contributed by atoms with Gasteiger partial charge in [-0.2, -0.15) is 11.8 Å². The van der Waals surface area contributed by atoms with E-state index in [1.807, 2.05) is 0 Å². The van der Waals surface area contributed by atoms with Gasteiger partial charge < -0.3 is 5.32 Å². The maximum atomic E-state index is 3.64. The van der Waals surface area contributed by atoms with Gasteiger partial charge >= 0.3 is 0 Å². The van der Waals surface area contributed by atoms with Crippen molar-refractivity contribution in [2.45, 2.75) is 59.9 Å². The molecule has 2 heteroatoms. The van der Waals surface area contributed by atoms with Crippen molar-refractivity contribution in [3.05, 3.63) is 0 Å². The fourth-order valence-electron chi connectivity index (χ4n) is 1.81. The Bertz CT molecular complexity index is 161. The second kappa shape index (κ2) is 8.41. The summed E-state index contributed by atoms with van der Waals surface area (Å²) in [4.78, 5) is 0. The predicted molar refractivity (Wildman–Crippen MR) is 78.3 cm³/mol. The van der Waals surface area contributed by atoms with Crippen LogP contribution in [0.3, 0.4) is 0 Å². The van der Waals surface area contributed by atoms with Gasteiger partial charge in [0.15, 0.2) is 0 Å². The first-order chi connectivity index (χ1) is 7.35. The fourth-order valence-corrected chi connectivity index (χ4v) is 2.60. The third kappa shape index (κ3) is 10.8. The molecule has 98 valence electrons. The summed E-state index contributed by atoms with van der Waals surface area (Å²) in [5.74, 6) is 4.23. The van der Waals surface area contributed by atoms with Crippen LogP contribution in [0.4, 0.5) is 0 Å². The Labute approximate surface area is 107 Å². The van der Waals surface area contributed by atoms with Gasteiger partial charge in [0.1, 0.15) is 0 Å². The maximum absolute atomic E-state index is 3.64. The smallest absolute Gasteiger partial charge is 0.00966 e. The molecule has 0 saturated carbocycles. The van der Waals surface area contributed by atoms with Crippen molar-refractivity contribution in [3.63, 3.8) is 0 Å². The van der Waals surface area contributed by atoms with Crippen LogP contribution in [-0.4, -0.2) is 23.6 Å². The van der Waals surface area contributed by atoms with Crippen LogP contribution in [0.15, 0.2) is 0 Å². The molecule has 0 aromatic rings. The SMILES string of the molecule is CCSCCC(CNC(C)(C)C)CC(C)C. The summed E-state index contributed by atoms with van der Waals surface area (Å²) in [5.41, 5.74) is 0.257. The normalized spacial score (nSPS) is 14.4. The molecule has 0 rings (SSSR count). The zero-order chi connectivity index (χ0) is 12.6. The molecule has 1 N–H and O–H groups in total. The molecule has 0 spiro atoms. The van der Waals surface area contributed by atoms with Crippen LogP contribution in [0.5, 0.6) is 0 Å². The number of hydrogen-bond acceptors (Lipinski definition) is 2. The molecule has 0 saturated heterocycles. The van der Waals surface area contributed by atoms with Crippen molar-refractivity contribution in [2.75, 3.05) is 18.1 Å². The average Bonchev–Trinajstić information content (AvgIpc) is 2.12. The molecule has 0 aliphatic heterocycles. The van der Waals surface area contributed by atoms with E-state index in [4.69, 9.17) is 0 Å². The van der Waals surface area contributed by atoms with Crippen LogP contribution in [-0.2, 0) is 0 Å². The van der Waals surface area contributed by atoms with Crippen LogP contribution in [0.2, 0.25) is 0 Å². The molecule has 0 bridgehead atoms. The lowest BCUT2D eigenvalue weighted by atomic mass is 9.94. The average molecular weight is 245 g/mol. The molecule has 1 nitrogen and oxygen atoms in total. The summed E-state index contributed by atoms with van der Waals surface area (Å²) < 4.78 is 0. The zero-order valence-electron chi connectivity index (χ0n) is 12.1. The fraction of sp³-hybridized carbons (Fsp3) is 1.00. The van der Waals surface area contributed by atoms with Crippen molar-refractivity contribution in [2.24, 2.45) is 11.8 Å². The Morgan fingerprint density at radius 1 is 1.19 bits per heavy atom. The second-order valence-electron chi connectivity index (χ2n) is 6.11. The number of rotatable bonds is 8. The molecule has 0 aliphatic rings. The van der Waals surface area contributed by atoms with Gasteiger partial charge in [0.2, 0.25) is 0 Å². The Morgan fingerprint density at radius 2 is 1.81 bits per heavy atom. The van der Waals surface area contributed by atoms with Crippen LogP contribution < -0.4 is 5.32 Å². The van der Waals surface area contributed by atoms with Crippen LogP contribution in [0.1, 0.15) is 54.4 Å². The predicted octanol–water partition coefficient (Wildman–Crippen LogP) is 4.18. The van der Waals surface area contributed by atoms with Gasteiger partial charge in [0.05, 0.1) is 0 Å². The molecule has 0 heterocycles. The van der Waals surface area contributed by atoms with E-state index in [0.29, 0.717) is 0 Å². The second-order valence-corrected chi connectivity index (χ2v) is 7.51. The molecule has 0 aromatic carbocycles. The maximum Gasteiger partial charge on any atom is 0.00966 e. The van der Waals surface area contributed by atoms with Crippen molar-refractivity contribution < 1.29 is 0 Å². The third-order valence-corrected chi connectivity index (χ3v) is 3.53. The molecule has 0 radical (unpaired) electrons. The van der Waals surface area contributed by atoms with E-state index in [1.165, 1.54) is 30.9 Å². The van der Waals surface area contributed by atoms with Crippen LogP contribution >= 0.6 is 11.8 Å². The minimum absolute atomic E-state index is 0.257. The van der Waals surface area contributed by atoms with Crippen LogP contribution in [0.25, 0.3) is 0 Å². The number of nitrogens with one attached hydrogen (secondary N) is 1. The van der Waals surface area contributed by atoms with Crippen molar-refractivity contribution in [1.82, 2.24) is 5.32 Å². The van der Waals surface area contributed by atoms with Gasteiger partial charge in [-0.25, -0.2) is 0 Å². The van der Waals surface area contributed by atoms with Gasteiger partial charge in [-0.3, -0.25) is 0 Å². The first-order valence-electron chi connectivity index (χ1n) is 6.68. The van der Waals surface area contributed by atoms with Gasteiger partial charge in [-0.05, 0) is 63.5 Å². The van der Waals surface area contributed by atoms with E-state index in [-0.39, 0.29) is 5.54 Å². The highest BCUT2D eigenvalue weighted by Gasteiger charge is 2.15. The lowest BCUT2D eigenvalue weighted by Crippen LogP contribution is -2.39. The van der Waals surface area contributed by atoms with Crippen LogP contribution in [0, 0.1) is 11.8 Å². The number of thioether (sulfide) groups is 1. The summed E-state index contributed by atoms with van der Waals surface area (Å²) >= 11 is 2.07. The van der Waals surface area contributed by atoms with E-state index < -0.39 is 0 Å². The van der Waals surface area contributed by atoms with E-state index in [2.05, 4.69) is 58.6 Å². The molecule has 0 aromatic heterocycles. The minimum atomic E-state index is 0.257. The molecule has 0 amide bonds. The summed E-state index contributed by atoms with van der Waals surface area (Å²) in [6, 6.07) is 0. The van der Waals surface area contributed by atoms with E-state index in [9.17, 15) is 0 Å². The Balaban J connectivity index is 3.90. The summed E-state index contributed by atoms with van der Waals surface area (Å²) in [6.45, 7) is 14.8. The molecule has 0 aliphatic carbocycles. The van der Waals surface area contributed by atoms with E-state index in [0.717, 1.165) is 11.8 Å². The standard InChI is InChI=1S/C14H31NS/c1-7-16-9-8-13(10-12(2)3)11-15-14(4,5)6/h12-13,15H,7-11H2,1-6H3. The monoisotopic (exact) mass is 245 g/mol. The van der Waals surface area contributed by atoms with Gasteiger partial charge in [-0.15, -0.1) is 0 Å². The summed E-state index contributed by atoms with van der Waals surface area (Å²) in [5, 5.41) is 3.64. The Kier molecular flexibility index (Phi) is 8.57. The summed E-state index contributed by atoms with van der Waals surface area (Å²) in [6.07, 6.45) is 2.72. The van der Waals surface area contributed by atoms with Crippen molar-refractivity contribution >= 4 is 11.8 Å². The van der Waals surface area contributed by atoms with Crippen molar-refractivity contribution in [3.8, 4) is 0 Å². The first kappa shape index (κ1) is 16.3. The first-order valence-corrected chi connectivity index (χ1v) is 7.83. The topological polar surface area (TPSA) is 12.0 Å². The molecule has 16 heavy (non-hydrogen) atoms. The Hall–Kier alpha value is 0.310. The van der Waals surface area contributed by atoms with E-state index >= 15 is 0 Å². The highest BCUT2D eigenvalue weighted by atomic mass is 32.2.